The lowest BCUT2D eigenvalue weighted by Gasteiger charge is -2.14. The fourth-order valence-corrected chi connectivity index (χ4v) is 3.33. The average Bonchev–Trinajstić information content (AvgIpc) is 3.25. The van der Waals surface area contributed by atoms with Crippen LogP contribution in [0.1, 0.15) is 21.5 Å². The van der Waals surface area contributed by atoms with Crippen LogP contribution in [0.25, 0.3) is 11.3 Å². The van der Waals surface area contributed by atoms with E-state index < -0.39 is 5.82 Å². The molecule has 1 aromatic carbocycles. The Bertz CT molecular complexity index is 1310. The molecule has 9 heteroatoms. The van der Waals surface area contributed by atoms with Crippen LogP contribution in [-0.2, 0) is 13.6 Å². The molecule has 0 unspecified atom stereocenters. The summed E-state index contributed by atoms with van der Waals surface area (Å²) in [5, 5.41) is 6.95. The van der Waals surface area contributed by atoms with Crippen LogP contribution in [-0.4, -0.2) is 32.8 Å². The van der Waals surface area contributed by atoms with Crippen LogP contribution >= 0.6 is 0 Å². The molecular weight excluding hydrogens is 425 g/mol. The minimum absolute atomic E-state index is 0.0656. The van der Waals surface area contributed by atoms with Gasteiger partial charge in [0.05, 0.1) is 25.2 Å². The van der Waals surface area contributed by atoms with Crippen molar-refractivity contribution in [2.75, 3.05) is 7.11 Å². The molecule has 1 amide bonds. The number of amides is 1. The summed E-state index contributed by atoms with van der Waals surface area (Å²) in [6.45, 7) is 1.87. The van der Waals surface area contributed by atoms with Crippen molar-refractivity contribution in [3.05, 3.63) is 83.7 Å². The molecule has 0 aliphatic heterocycles. The Hall–Kier alpha value is -4.27. The second-order valence-corrected chi connectivity index (χ2v) is 7.31. The normalized spacial score (nSPS) is 10.7. The SMILES string of the molecule is COc1ncc(F)cc1CNC(=O)c1cccc(Oc2ccnc(-c3cnn(C)c3)c2)c1C. The molecule has 1 N–H and O–H groups in total. The summed E-state index contributed by atoms with van der Waals surface area (Å²) in [6, 6.07) is 10.1. The Labute approximate surface area is 190 Å². The van der Waals surface area contributed by atoms with E-state index in [2.05, 4.69) is 20.4 Å². The topological polar surface area (TPSA) is 91.2 Å². The van der Waals surface area contributed by atoms with Crippen molar-refractivity contribution in [2.24, 2.45) is 7.05 Å². The maximum atomic E-state index is 13.5. The molecule has 0 atom stereocenters. The first kappa shape index (κ1) is 21.9. The van der Waals surface area contributed by atoms with Crippen molar-refractivity contribution in [1.29, 1.82) is 0 Å². The van der Waals surface area contributed by atoms with Crippen LogP contribution in [0.2, 0.25) is 0 Å². The van der Waals surface area contributed by atoms with Crippen LogP contribution in [0.5, 0.6) is 17.4 Å². The van der Waals surface area contributed by atoms with Crippen molar-refractivity contribution < 1.29 is 18.7 Å². The first-order valence-electron chi connectivity index (χ1n) is 10.1. The minimum Gasteiger partial charge on any atom is -0.481 e. The number of carbonyl (C=O) groups excluding carboxylic acids is 1. The zero-order valence-electron chi connectivity index (χ0n) is 18.4. The van der Waals surface area contributed by atoms with Crippen molar-refractivity contribution >= 4 is 5.91 Å². The first-order valence-corrected chi connectivity index (χ1v) is 10.1. The maximum Gasteiger partial charge on any atom is 0.251 e. The highest BCUT2D eigenvalue weighted by atomic mass is 19.1. The van der Waals surface area contributed by atoms with Gasteiger partial charge in [-0.2, -0.15) is 5.10 Å². The molecule has 0 radical (unpaired) electrons. The number of carbonyl (C=O) groups is 1. The van der Waals surface area contributed by atoms with Gasteiger partial charge in [0.2, 0.25) is 5.88 Å². The van der Waals surface area contributed by atoms with Crippen LogP contribution in [0.4, 0.5) is 4.39 Å². The average molecular weight is 447 g/mol. The van der Waals surface area contributed by atoms with E-state index in [0.29, 0.717) is 28.2 Å². The molecule has 3 heterocycles. The number of aryl methyl sites for hydroxylation is 1. The Morgan fingerprint density at radius 3 is 2.79 bits per heavy atom. The standard InChI is InChI=1S/C24H22FN5O3/c1-15-20(23(31)27-11-16-9-18(25)13-28-24(16)32-3)5-4-6-22(15)33-19-7-8-26-21(10-19)17-12-29-30(2)14-17/h4-10,12-14H,11H2,1-3H3,(H,27,31). The zero-order chi connectivity index (χ0) is 23.4. The third-order valence-corrected chi connectivity index (χ3v) is 5.01. The summed E-state index contributed by atoms with van der Waals surface area (Å²) in [5.41, 5.74) is 3.15. The quantitative estimate of drug-likeness (QED) is 0.460. The molecular formula is C24H22FN5O3. The second-order valence-electron chi connectivity index (χ2n) is 7.31. The number of nitrogens with zero attached hydrogens (tertiary/aromatic N) is 4. The number of methoxy groups -OCH3 is 1. The summed E-state index contributed by atoms with van der Waals surface area (Å²) in [6.07, 6.45) is 6.31. The number of rotatable bonds is 7. The second kappa shape index (κ2) is 9.47. The highest BCUT2D eigenvalue weighted by molar-refractivity contribution is 5.96. The number of hydrogen-bond acceptors (Lipinski definition) is 6. The maximum absolute atomic E-state index is 13.5. The van der Waals surface area contributed by atoms with E-state index in [-0.39, 0.29) is 18.3 Å². The molecule has 0 spiro atoms. The van der Waals surface area contributed by atoms with Gasteiger partial charge in [0.25, 0.3) is 5.91 Å². The van der Waals surface area contributed by atoms with Gasteiger partial charge in [0, 0.05) is 54.3 Å². The van der Waals surface area contributed by atoms with E-state index in [1.165, 1.54) is 13.2 Å². The Morgan fingerprint density at radius 2 is 2.03 bits per heavy atom. The van der Waals surface area contributed by atoms with Gasteiger partial charge in [-0.3, -0.25) is 14.5 Å². The van der Waals surface area contributed by atoms with Crippen molar-refractivity contribution in [3.8, 4) is 28.6 Å². The van der Waals surface area contributed by atoms with E-state index in [9.17, 15) is 9.18 Å². The number of hydrogen-bond donors (Lipinski definition) is 1. The van der Waals surface area contributed by atoms with Gasteiger partial charge in [-0.15, -0.1) is 0 Å². The van der Waals surface area contributed by atoms with Gasteiger partial charge in [-0.05, 0) is 31.2 Å². The first-order chi connectivity index (χ1) is 15.9. The largest absolute Gasteiger partial charge is 0.481 e. The van der Waals surface area contributed by atoms with E-state index >= 15 is 0 Å². The molecule has 4 rings (SSSR count). The molecule has 0 aliphatic rings. The number of benzene rings is 1. The summed E-state index contributed by atoms with van der Waals surface area (Å²) >= 11 is 0. The van der Waals surface area contributed by atoms with Gasteiger partial charge >= 0.3 is 0 Å². The van der Waals surface area contributed by atoms with Crippen molar-refractivity contribution in [1.82, 2.24) is 25.1 Å². The lowest BCUT2D eigenvalue weighted by Crippen LogP contribution is -2.24. The van der Waals surface area contributed by atoms with Crippen molar-refractivity contribution in [3.63, 3.8) is 0 Å². The molecule has 8 nitrogen and oxygen atoms in total. The van der Waals surface area contributed by atoms with Gasteiger partial charge in [0.15, 0.2) is 0 Å². The number of pyridine rings is 2. The van der Waals surface area contributed by atoms with Crippen LogP contribution < -0.4 is 14.8 Å². The highest BCUT2D eigenvalue weighted by Gasteiger charge is 2.15. The Kier molecular flexibility index (Phi) is 6.30. The van der Waals surface area contributed by atoms with E-state index in [4.69, 9.17) is 9.47 Å². The molecule has 4 aromatic rings. The van der Waals surface area contributed by atoms with Crippen LogP contribution in [0.15, 0.2) is 61.2 Å². The number of aromatic nitrogens is 4. The summed E-state index contributed by atoms with van der Waals surface area (Å²) in [5.74, 6) is 0.549. The van der Waals surface area contributed by atoms with Gasteiger partial charge in [-0.1, -0.05) is 6.07 Å². The predicted octanol–water partition coefficient (Wildman–Crippen LogP) is 4.06. The molecule has 3 aromatic heterocycles. The number of halogens is 1. The molecule has 0 saturated carbocycles. The summed E-state index contributed by atoms with van der Waals surface area (Å²) in [4.78, 5) is 21.1. The summed E-state index contributed by atoms with van der Waals surface area (Å²) in [7, 11) is 3.28. The zero-order valence-corrected chi connectivity index (χ0v) is 18.4. The molecule has 0 bridgehead atoms. The lowest BCUT2D eigenvalue weighted by molar-refractivity contribution is 0.0949. The Morgan fingerprint density at radius 1 is 1.18 bits per heavy atom. The minimum atomic E-state index is -0.505. The van der Waals surface area contributed by atoms with Crippen molar-refractivity contribution in [2.45, 2.75) is 13.5 Å². The fourth-order valence-electron chi connectivity index (χ4n) is 3.33. The third-order valence-electron chi connectivity index (χ3n) is 5.01. The third kappa shape index (κ3) is 4.98. The van der Waals surface area contributed by atoms with E-state index in [1.54, 1.807) is 48.3 Å². The lowest BCUT2D eigenvalue weighted by atomic mass is 10.1. The smallest absolute Gasteiger partial charge is 0.251 e. The molecule has 33 heavy (non-hydrogen) atoms. The van der Waals surface area contributed by atoms with Gasteiger partial charge in [0.1, 0.15) is 17.3 Å². The molecule has 168 valence electrons. The monoisotopic (exact) mass is 447 g/mol. The van der Waals surface area contributed by atoms with E-state index in [1.807, 2.05) is 19.3 Å². The highest BCUT2D eigenvalue weighted by Crippen LogP contribution is 2.29. The van der Waals surface area contributed by atoms with Crippen LogP contribution in [0, 0.1) is 12.7 Å². The van der Waals surface area contributed by atoms with Gasteiger partial charge in [-0.25, -0.2) is 9.37 Å². The number of nitrogens with one attached hydrogen (secondary N) is 1. The summed E-state index contributed by atoms with van der Waals surface area (Å²) < 4.78 is 26.4. The van der Waals surface area contributed by atoms with Crippen LogP contribution in [0.3, 0.4) is 0 Å². The number of ether oxygens (including phenoxy) is 2. The molecule has 0 fully saturated rings. The fraction of sp³-hybridized carbons (Fsp3) is 0.167. The molecule has 0 saturated heterocycles. The van der Waals surface area contributed by atoms with Gasteiger partial charge < -0.3 is 14.8 Å². The van der Waals surface area contributed by atoms with E-state index in [0.717, 1.165) is 17.5 Å². The predicted molar refractivity (Wildman–Crippen MR) is 120 cm³/mol. The molecule has 0 aliphatic carbocycles. The Balaban J connectivity index is 1.51.